The van der Waals surface area contributed by atoms with Crippen molar-refractivity contribution >= 4 is 0 Å². The van der Waals surface area contributed by atoms with Crippen molar-refractivity contribution in [2.75, 3.05) is 0 Å². The molecule has 0 spiro atoms. The Kier molecular flexibility index (Phi) is 4.69. The van der Waals surface area contributed by atoms with Gasteiger partial charge in [-0.15, -0.1) is 0 Å². The molecule has 134 valence electrons. The van der Waals surface area contributed by atoms with Gasteiger partial charge in [0.25, 0.3) is 0 Å². The molecular weight excluding hydrogens is 315 g/mol. The van der Waals surface area contributed by atoms with Gasteiger partial charge in [0, 0.05) is 12.1 Å². The number of fused-ring (bicyclic) bond motifs is 3. The van der Waals surface area contributed by atoms with Crippen LogP contribution in [-0.4, -0.2) is 17.2 Å². The lowest BCUT2D eigenvalue weighted by Gasteiger charge is -2.55. The summed E-state index contributed by atoms with van der Waals surface area (Å²) in [6, 6.07) is 5.34. The molecule has 0 aromatic heterocycles. The normalized spacial score (nSPS) is 34.3. The van der Waals surface area contributed by atoms with E-state index in [1.165, 1.54) is 6.07 Å². The van der Waals surface area contributed by atoms with Crippen molar-refractivity contribution in [3.8, 4) is 0 Å². The fourth-order valence-corrected chi connectivity index (χ4v) is 4.55. The zero-order valence-electron chi connectivity index (χ0n) is 14.2. The first kappa shape index (κ1) is 17.7. The number of aliphatic hydroxyl groups is 1. The average molecular weight is 341 g/mol. The molecule has 0 saturated heterocycles. The molecule has 3 unspecified atom stereocenters. The fourth-order valence-electron chi connectivity index (χ4n) is 4.55. The van der Waals surface area contributed by atoms with Crippen LogP contribution >= 0.6 is 0 Å². The number of alkyl halides is 3. The first-order valence-corrected chi connectivity index (χ1v) is 8.93. The van der Waals surface area contributed by atoms with Gasteiger partial charge in [-0.05, 0) is 68.6 Å². The van der Waals surface area contributed by atoms with Gasteiger partial charge in [-0.2, -0.15) is 13.2 Å². The van der Waals surface area contributed by atoms with Gasteiger partial charge in [0.05, 0.1) is 5.56 Å². The first-order valence-electron chi connectivity index (χ1n) is 8.93. The number of hydrogen-bond acceptors (Lipinski definition) is 2. The van der Waals surface area contributed by atoms with E-state index in [-0.39, 0.29) is 18.0 Å². The monoisotopic (exact) mass is 341 g/mol. The van der Waals surface area contributed by atoms with E-state index in [9.17, 15) is 18.3 Å². The van der Waals surface area contributed by atoms with Gasteiger partial charge < -0.3 is 10.4 Å². The number of nitrogens with one attached hydrogen (secondary N) is 1. The molecule has 1 aromatic rings. The maximum Gasteiger partial charge on any atom is 0.416 e. The quantitative estimate of drug-likeness (QED) is 0.847. The van der Waals surface area contributed by atoms with Crippen LogP contribution in [0.1, 0.15) is 57.1 Å². The number of halogens is 3. The van der Waals surface area contributed by atoms with E-state index < -0.39 is 17.3 Å². The van der Waals surface area contributed by atoms with Crippen LogP contribution in [0.25, 0.3) is 0 Å². The summed E-state index contributed by atoms with van der Waals surface area (Å²) in [5, 5.41) is 15.1. The van der Waals surface area contributed by atoms with Crippen LogP contribution < -0.4 is 5.32 Å². The van der Waals surface area contributed by atoms with Crippen LogP contribution in [-0.2, 0) is 11.8 Å². The smallest absolute Gasteiger partial charge is 0.383 e. The summed E-state index contributed by atoms with van der Waals surface area (Å²) < 4.78 is 39.3. The average Bonchev–Trinajstić information content (AvgIpc) is 2.57. The summed E-state index contributed by atoms with van der Waals surface area (Å²) >= 11 is 0. The summed E-state index contributed by atoms with van der Waals surface area (Å²) in [6.45, 7) is 4.14. The maximum atomic E-state index is 13.1. The molecule has 3 fully saturated rings. The lowest BCUT2D eigenvalue weighted by Crippen LogP contribution is -2.63. The van der Waals surface area contributed by atoms with E-state index in [1.54, 1.807) is 6.07 Å². The minimum atomic E-state index is -4.39. The van der Waals surface area contributed by atoms with Crippen molar-refractivity contribution in [1.29, 1.82) is 0 Å². The number of rotatable bonds is 4. The van der Waals surface area contributed by atoms with Gasteiger partial charge >= 0.3 is 6.18 Å². The molecule has 0 amide bonds. The summed E-state index contributed by atoms with van der Waals surface area (Å²) in [6.07, 6.45) is 0.387. The Morgan fingerprint density at radius 2 is 1.92 bits per heavy atom. The molecule has 3 atom stereocenters. The molecule has 3 aliphatic carbocycles. The number of benzene rings is 1. The SMILES string of the molecule is CCC(C)NC1C2CCC(CC2)C1(O)c1cccc(C(F)(F)F)c1. The largest absolute Gasteiger partial charge is 0.416 e. The fraction of sp³-hybridized carbons (Fsp3) is 0.684. The maximum absolute atomic E-state index is 13.1. The van der Waals surface area contributed by atoms with Gasteiger partial charge in [0.15, 0.2) is 0 Å². The Labute approximate surface area is 141 Å². The molecule has 1 aromatic carbocycles. The van der Waals surface area contributed by atoms with Crippen LogP contribution in [0.2, 0.25) is 0 Å². The predicted molar refractivity (Wildman–Crippen MR) is 87.5 cm³/mol. The van der Waals surface area contributed by atoms with E-state index in [0.29, 0.717) is 11.5 Å². The molecule has 0 heterocycles. The molecule has 0 aliphatic heterocycles. The lowest BCUT2D eigenvalue weighted by atomic mass is 9.57. The molecule has 3 aliphatic rings. The van der Waals surface area contributed by atoms with Crippen LogP contribution in [0.4, 0.5) is 13.2 Å². The molecule has 2 nitrogen and oxygen atoms in total. The third-order valence-electron chi connectivity index (χ3n) is 6.07. The van der Waals surface area contributed by atoms with E-state index in [0.717, 1.165) is 44.2 Å². The van der Waals surface area contributed by atoms with E-state index in [1.807, 2.05) is 0 Å². The Bertz CT molecular complexity index is 580. The highest BCUT2D eigenvalue weighted by Gasteiger charge is 2.55. The molecule has 5 heteroatoms. The topological polar surface area (TPSA) is 32.3 Å². The molecular formula is C19H26F3NO. The minimum Gasteiger partial charge on any atom is -0.383 e. The molecule has 2 bridgehead atoms. The van der Waals surface area contributed by atoms with Gasteiger partial charge in [-0.1, -0.05) is 19.1 Å². The van der Waals surface area contributed by atoms with Crippen molar-refractivity contribution in [2.45, 2.75) is 69.8 Å². The Balaban J connectivity index is 2.01. The van der Waals surface area contributed by atoms with Crippen LogP contribution in [0, 0.1) is 11.8 Å². The summed E-state index contributed by atoms with van der Waals surface area (Å²) in [5.41, 5.74) is -1.49. The van der Waals surface area contributed by atoms with Gasteiger partial charge in [0.2, 0.25) is 0 Å². The van der Waals surface area contributed by atoms with Crippen molar-refractivity contribution in [2.24, 2.45) is 11.8 Å². The van der Waals surface area contributed by atoms with Gasteiger partial charge in [0.1, 0.15) is 5.60 Å². The van der Waals surface area contributed by atoms with Crippen molar-refractivity contribution in [3.05, 3.63) is 35.4 Å². The van der Waals surface area contributed by atoms with Crippen LogP contribution in [0.3, 0.4) is 0 Å². The van der Waals surface area contributed by atoms with E-state index in [4.69, 9.17) is 0 Å². The Morgan fingerprint density at radius 3 is 2.50 bits per heavy atom. The molecule has 4 rings (SSSR count). The minimum absolute atomic E-state index is 0.0209. The summed E-state index contributed by atoms with van der Waals surface area (Å²) in [7, 11) is 0. The molecule has 3 saturated carbocycles. The third kappa shape index (κ3) is 2.97. The third-order valence-corrected chi connectivity index (χ3v) is 6.07. The lowest BCUT2D eigenvalue weighted by molar-refractivity contribution is -0.141. The van der Waals surface area contributed by atoms with Gasteiger partial charge in [-0.3, -0.25) is 0 Å². The summed E-state index contributed by atoms with van der Waals surface area (Å²) in [4.78, 5) is 0. The molecule has 0 radical (unpaired) electrons. The zero-order valence-corrected chi connectivity index (χ0v) is 14.2. The standard InChI is InChI=1S/C19H26F3NO/c1-3-12(2)23-17-13-7-9-14(10-8-13)18(17,24)15-5-4-6-16(11-15)19(20,21)22/h4-6,11-14,17,23-24H,3,7-10H2,1-2H3. The molecule has 24 heavy (non-hydrogen) atoms. The Hall–Kier alpha value is -1.07. The second-order valence-electron chi connectivity index (χ2n) is 7.47. The highest BCUT2D eigenvalue weighted by molar-refractivity contribution is 5.33. The predicted octanol–water partition coefficient (Wildman–Crippen LogP) is 4.47. The second-order valence-corrected chi connectivity index (χ2v) is 7.47. The highest BCUT2D eigenvalue weighted by atomic mass is 19.4. The second kappa shape index (κ2) is 6.34. The van der Waals surface area contributed by atoms with E-state index in [2.05, 4.69) is 19.2 Å². The summed E-state index contributed by atoms with van der Waals surface area (Å²) in [5.74, 6) is 0.344. The highest BCUT2D eigenvalue weighted by Crippen LogP contribution is 2.53. The number of hydrogen-bond donors (Lipinski definition) is 2. The van der Waals surface area contributed by atoms with E-state index >= 15 is 0 Å². The van der Waals surface area contributed by atoms with Crippen molar-refractivity contribution in [1.82, 2.24) is 5.32 Å². The van der Waals surface area contributed by atoms with Crippen molar-refractivity contribution < 1.29 is 18.3 Å². The first-order chi connectivity index (χ1) is 11.3. The van der Waals surface area contributed by atoms with Crippen molar-refractivity contribution in [3.63, 3.8) is 0 Å². The zero-order chi connectivity index (χ0) is 17.5. The van der Waals surface area contributed by atoms with Crippen LogP contribution in [0.15, 0.2) is 24.3 Å². The molecule has 2 N–H and O–H groups in total. The Morgan fingerprint density at radius 1 is 1.25 bits per heavy atom. The van der Waals surface area contributed by atoms with Gasteiger partial charge in [-0.25, -0.2) is 0 Å². The van der Waals surface area contributed by atoms with Crippen LogP contribution in [0.5, 0.6) is 0 Å².